The van der Waals surface area contributed by atoms with Gasteiger partial charge in [-0.15, -0.1) is 0 Å². The fourth-order valence-corrected chi connectivity index (χ4v) is 3.31. The highest BCUT2D eigenvalue weighted by Gasteiger charge is 2.42. The molecule has 3 rings (SSSR count). The van der Waals surface area contributed by atoms with E-state index in [1.165, 1.54) is 43.2 Å². The largest absolute Gasteiger partial charge is 0.304 e. The van der Waals surface area contributed by atoms with Gasteiger partial charge in [0.1, 0.15) is 0 Å². The van der Waals surface area contributed by atoms with Crippen molar-refractivity contribution < 1.29 is 0 Å². The van der Waals surface area contributed by atoms with Crippen LogP contribution in [-0.2, 0) is 6.42 Å². The Morgan fingerprint density at radius 1 is 1.00 bits per heavy atom. The van der Waals surface area contributed by atoms with E-state index in [1.54, 1.807) is 0 Å². The summed E-state index contributed by atoms with van der Waals surface area (Å²) in [5.74, 6) is 0. The number of hydrogen-bond donors (Lipinski definition) is 1. The van der Waals surface area contributed by atoms with Crippen LogP contribution in [0.5, 0.6) is 0 Å². The zero-order valence-corrected chi connectivity index (χ0v) is 9.05. The Bertz CT molecular complexity index is 400. The smallest absolute Gasteiger partial charge is 0.0454 e. The van der Waals surface area contributed by atoms with Crippen LogP contribution in [0.15, 0.2) is 24.3 Å². The van der Waals surface area contributed by atoms with E-state index in [1.807, 2.05) is 0 Å². The van der Waals surface area contributed by atoms with Crippen LogP contribution in [0.4, 0.5) is 0 Å². The topological polar surface area (TPSA) is 23.9 Å². The second kappa shape index (κ2) is 3.19. The second-order valence-electron chi connectivity index (χ2n) is 5.05. The quantitative estimate of drug-likeness (QED) is 0.660. The van der Waals surface area contributed by atoms with E-state index in [-0.39, 0.29) is 5.41 Å². The number of nitrogens with one attached hydrogen (secondary N) is 1. The molecule has 0 amide bonds. The van der Waals surface area contributed by atoms with E-state index in [0.29, 0.717) is 0 Å². The van der Waals surface area contributed by atoms with Gasteiger partial charge in [-0.3, -0.25) is 0 Å². The van der Waals surface area contributed by atoms with E-state index in [4.69, 9.17) is 5.41 Å². The summed E-state index contributed by atoms with van der Waals surface area (Å²) in [6.07, 6.45) is 7.60. The van der Waals surface area contributed by atoms with Gasteiger partial charge in [0, 0.05) is 11.1 Å². The number of fused-ring (bicyclic) bond motifs is 1. The summed E-state index contributed by atoms with van der Waals surface area (Å²) in [4.78, 5) is 0. The van der Waals surface area contributed by atoms with Gasteiger partial charge in [0.05, 0.1) is 0 Å². The first kappa shape index (κ1) is 9.14. The van der Waals surface area contributed by atoms with Gasteiger partial charge in [0.2, 0.25) is 0 Å². The summed E-state index contributed by atoms with van der Waals surface area (Å²) in [6, 6.07) is 8.50. The van der Waals surface area contributed by atoms with E-state index >= 15 is 0 Å². The lowest BCUT2D eigenvalue weighted by Gasteiger charge is -2.33. The van der Waals surface area contributed by atoms with Crippen LogP contribution in [0.3, 0.4) is 0 Å². The zero-order chi connectivity index (χ0) is 10.3. The van der Waals surface area contributed by atoms with Gasteiger partial charge in [0.15, 0.2) is 0 Å². The number of benzene rings is 1. The van der Waals surface area contributed by atoms with Crippen molar-refractivity contribution in [2.75, 3.05) is 0 Å². The maximum atomic E-state index is 8.37. The fourth-order valence-electron chi connectivity index (χ4n) is 3.31. The summed E-state index contributed by atoms with van der Waals surface area (Å²) in [5, 5.41) is 8.37. The number of hydrogen-bond acceptors (Lipinski definition) is 1. The van der Waals surface area contributed by atoms with E-state index < -0.39 is 0 Å². The molecule has 0 unspecified atom stereocenters. The van der Waals surface area contributed by atoms with Gasteiger partial charge in [-0.25, -0.2) is 0 Å². The Hall–Kier alpha value is -1.11. The molecule has 78 valence electrons. The summed E-state index contributed by atoms with van der Waals surface area (Å²) in [5.41, 5.74) is 3.78. The Kier molecular flexibility index (Phi) is 1.95. The molecule has 1 saturated carbocycles. The van der Waals surface area contributed by atoms with Crippen molar-refractivity contribution in [3.63, 3.8) is 0 Å². The van der Waals surface area contributed by atoms with Gasteiger partial charge in [-0.05, 0) is 30.4 Å². The lowest BCUT2D eigenvalue weighted by Crippen LogP contribution is -2.30. The maximum absolute atomic E-state index is 8.37. The summed E-state index contributed by atoms with van der Waals surface area (Å²) >= 11 is 0. The molecule has 15 heavy (non-hydrogen) atoms. The molecule has 2 aliphatic carbocycles. The first-order valence-corrected chi connectivity index (χ1v) is 5.99. The molecule has 0 saturated heterocycles. The van der Waals surface area contributed by atoms with Crippen LogP contribution in [0, 0.1) is 10.8 Å². The highest BCUT2D eigenvalue weighted by Crippen LogP contribution is 2.46. The van der Waals surface area contributed by atoms with Crippen LogP contribution >= 0.6 is 0 Å². The fraction of sp³-hybridized carbons (Fsp3) is 0.500. The van der Waals surface area contributed by atoms with Crippen molar-refractivity contribution in [1.82, 2.24) is 0 Å². The van der Waals surface area contributed by atoms with Gasteiger partial charge in [-0.2, -0.15) is 0 Å². The van der Waals surface area contributed by atoms with Crippen molar-refractivity contribution in [2.24, 2.45) is 5.41 Å². The standard InChI is InChI=1S/C14H17N/c15-13-12-7-3-2-6-11(12)10-14(13)8-4-1-5-9-14/h2-3,6-7,15H,1,4-5,8-10H2. The normalized spacial score (nSPS) is 23.1. The third-order valence-corrected chi connectivity index (χ3v) is 4.16. The molecular formula is C14H17N. The van der Waals surface area contributed by atoms with Crippen molar-refractivity contribution >= 4 is 5.71 Å². The number of rotatable bonds is 0. The molecule has 1 spiro atoms. The monoisotopic (exact) mass is 199 g/mol. The molecule has 0 aromatic heterocycles. The van der Waals surface area contributed by atoms with Crippen molar-refractivity contribution in [3.05, 3.63) is 35.4 Å². The Morgan fingerprint density at radius 3 is 2.47 bits per heavy atom. The summed E-state index contributed by atoms with van der Waals surface area (Å²) in [7, 11) is 0. The molecular weight excluding hydrogens is 182 g/mol. The first-order chi connectivity index (χ1) is 7.32. The Balaban J connectivity index is 2.01. The SMILES string of the molecule is N=C1c2ccccc2CC12CCCCC2. The minimum absolute atomic E-state index is 0.224. The van der Waals surface area contributed by atoms with Gasteiger partial charge < -0.3 is 5.41 Å². The maximum Gasteiger partial charge on any atom is 0.0454 e. The van der Waals surface area contributed by atoms with Crippen LogP contribution < -0.4 is 0 Å². The van der Waals surface area contributed by atoms with Gasteiger partial charge in [0.25, 0.3) is 0 Å². The molecule has 1 nitrogen and oxygen atoms in total. The second-order valence-corrected chi connectivity index (χ2v) is 5.05. The minimum atomic E-state index is 0.224. The van der Waals surface area contributed by atoms with Crippen LogP contribution in [-0.4, -0.2) is 5.71 Å². The third-order valence-electron chi connectivity index (χ3n) is 4.16. The lowest BCUT2D eigenvalue weighted by atomic mass is 9.71. The molecule has 0 radical (unpaired) electrons. The molecule has 1 N–H and O–H groups in total. The Morgan fingerprint density at radius 2 is 1.73 bits per heavy atom. The zero-order valence-electron chi connectivity index (χ0n) is 9.05. The van der Waals surface area contributed by atoms with Gasteiger partial charge >= 0.3 is 0 Å². The van der Waals surface area contributed by atoms with Crippen LogP contribution in [0.1, 0.15) is 43.2 Å². The Labute approximate surface area is 91.0 Å². The molecule has 1 aromatic carbocycles. The minimum Gasteiger partial charge on any atom is -0.304 e. The predicted octanol–water partition coefficient (Wildman–Crippen LogP) is 3.56. The first-order valence-electron chi connectivity index (χ1n) is 5.99. The molecule has 0 bridgehead atoms. The van der Waals surface area contributed by atoms with Gasteiger partial charge in [-0.1, -0.05) is 43.5 Å². The average molecular weight is 199 g/mol. The molecule has 2 aliphatic rings. The van der Waals surface area contributed by atoms with Crippen LogP contribution in [0.2, 0.25) is 0 Å². The van der Waals surface area contributed by atoms with Crippen LogP contribution in [0.25, 0.3) is 0 Å². The predicted molar refractivity (Wildman–Crippen MR) is 62.5 cm³/mol. The summed E-state index contributed by atoms with van der Waals surface area (Å²) in [6.45, 7) is 0. The van der Waals surface area contributed by atoms with E-state index in [0.717, 1.165) is 12.1 Å². The van der Waals surface area contributed by atoms with Crippen molar-refractivity contribution in [2.45, 2.75) is 38.5 Å². The van der Waals surface area contributed by atoms with Crippen molar-refractivity contribution in [1.29, 1.82) is 5.41 Å². The molecule has 1 aromatic rings. The molecule has 0 atom stereocenters. The average Bonchev–Trinajstić information content (AvgIpc) is 2.54. The lowest BCUT2D eigenvalue weighted by molar-refractivity contribution is 0.290. The molecule has 0 heterocycles. The van der Waals surface area contributed by atoms with E-state index in [2.05, 4.69) is 24.3 Å². The highest BCUT2D eigenvalue weighted by atomic mass is 14.6. The van der Waals surface area contributed by atoms with Crippen molar-refractivity contribution in [3.8, 4) is 0 Å². The highest BCUT2D eigenvalue weighted by molar-refractivity contribution is 6.06. The summed E-state index contributed by atoms with van der Waals surface area (Å²) < 4.78 is 0. The molecule has 1 fully saturated rings. The third kappa shape index (κ3) is 1.26. The molecule has 1 heteroatoms. The molecule has 0 aliphatic heterocycles. The van der Waals surface area contributed by atoms with E-state index in [9.17, 15) is 0 Å².